The van der Waals surface area contributed by atoms with Gasteiger partial charge >= 0.3 is 0 Å². The minimum atomic E-state index is -0.178. The molecule has 0 aliphatic rings. The molecule has 1 heterocycles. The van der Waals surface area contributed by atoms with E-state index in [2.05, 4.69) is 10.3 Å². The first-order chi connectivity index (χ1) is 7.79. The minimum Gasteiger partial charge on any atom is -0.327 e. The van der Waals surface area contributed by atoms with Crippen LogP contribution in [0.2, 0.25) is 5.15 Å². The van der Waals surface area contributed by atoms with Gasteiger partial charge in [-0.15, -0.1) is 0 Å². The Morgan fingerprint density at radius 3 is 2.65 bits per heavy atom. The van der Waals surface area contributed by atoms with Crippen molar-refractivity contribution < 1.29 is 4.79 Å². The van der Waals surface area contributed by atoms with E-state index in [1.807, 2.05) is 20.8 Å². The highest BCUT2D eigenvalue weighted by Crippen LogP contribution is 2.20. The molecule has 1 aromatic rings. The van der Waals surface area contributed by atoms with Gasteiger partial charge in [-0.25, -0.2) is 4.98 Å². The van der Waals surface area contributed by atoms with Crippen LogP contribution in [-0.4, -0.2) is 16.9 Å². The van der Waals surface area contributed by atoms with Gasteiger partial charge in [0.2, 0.25) is 5.91 Å². The number of halogens is 1. The third-order valence-corrected chi connectivity index (χ3v) is 2.75. The van der Waals surface area contributed by atoms with Gasteiger partial charge in [0.05, 0.1) is 11.9 Å². The topological polar surface area (TPSA) is 68.0 Å². The summed E-state index contributed by atoms with van der Waals surface area (Å²) < 4.78 is 0. The summed E-state index contributed by atoms with van der Waals surface area (Å²) in [5, 5.41) is 3.13. The number of hydrogen-bond acceptors (Lipinski definition) is 3. The fraction of sp³-hybridized carbons (Fsp3) is 0.500. The molecule has 0 saturated heterocycles. The molecule has 0 spiro atoms. The maximum Gasteiger partial charge on any atom is 0.225 e. The van der Waals surface area contributed by atoms with E-state index in [0.29, 0.717) is 10.8 Å². The number of carbonyl (C=O) groups excluding carboxylic acids is 1. The Balaban J connectivity index is 2.53. The number of nitrogens with two attached hydrogens (primary N) is 1. The summed E-state index contributed by atoms with van der Waals surface area (Å²) in [6.45, 7) is 6.03. The molecule has 1 atom stereocenters. The summed E-state index contributed by atoms with van der Waals surface area (Å²) >= 11 is 5.65. The number of nitrogens with zero attached hydrogens (tertiary/aromatic N) is 1. The Hall–Kier alpha value is -1.13. The summed E-state index contributed by atoms with van der Waals surface area (Å²) in [6, 6.07) is 3.15. The van der Waals surface area contributed by atoms with Crippen molar-refractivity contribution in [2.24, 2.45) is 11.1 Å². The van der Waals surface area contributed by atoms with Crippen LogP contribution >= 0.6 is 11.6 Å². The van der Waals surface area contributed by atoms with Crippen LogP contribution in [0, 0.1) is 5.41 Å². The molecule has 94 valence electrons. The second kappa shape index (κ2) is 5.47. The Labute approximate surface area is 107 Å². The highest BCUT2D eigenvalue weighted by Gasteiger charge is 2.23. The van der Waals surface area contributed by atoms with E-state index >= 15 is 0 Å². The van der Waals surface area contributed by atoms with Crippen molar-refractivity contribution in [2.45, 2.75) is 33.2 Å². The zero-order valence-corrected chi connectivity index (χ0v) is 11.1. The third-order valence-electron chi connectivity index (χ3n) is 2.53. The number of rotatable bonds is 3. The van der Waals surface area contributed by atoms with Crippen molar-refractivity contribution in [3.05, 3.63) is 23.5 Å². The number of amides is 1. The number of anilines is 1. The van der Waals surface area contributed by atoms with Crippen LogP contribution in [0.25, 0.3) is 0 Å². The van der Waals surface area contributed by atoms with E-state index in [-0.39, 0.29) is 23.8 Å². The Kier molecular flexibility index (Phi) is 4.48. The zero-order valence-electron chi connectivity index (χ0n) is 10.3. The summed E-state index contributed by atoms with van der Waals surface area (Å²) in [4.78, 5) is 15.6. The largest absolute Gasteiger partial charge is 0.327 e. The van der Waals surface area contributed by atoms with E-state index in [1.54, 1.807) is 12.1 Å². The van der Waals surface area contributed by atoms with Gasteiger partial charge in [0.15, 0.2) is 0 Å². The van der Waals surface area contributed by atoms with E-state index in [0.717, 1.165) is 0 Å². The van der Waals surface area contributed by atoms with Crippen LogP contribution < -0.4 is 11.1 Å². The lowest BCUT2D eigenvalue weighted by molar-refractivity contribution is -0.117. The van der Waals surface area contributed by atoms with E-state index in [1.165, 1.54) is 6.20 Å². The fourth-order valence-corrected chi connectivity index (χ4v) is 1.28. The summed E-state index contributed by atoms with van der Waals surface area (Å²) in [6.07, 6.45) is 1.80. The Morgan fingerprint density at radius 2 is 2.18 bits per heavy atom. The molecular weight excluding hydrogens is 238 g/mol. The highest BCUT2D eigenvalue weighted by atomic mass is 35.5. The molecule has 1 unspecified atom stereocenters. The number of carbonyl (C=O) groups is 1. The SMILES string of the molecule is CC(C)(C)C(N)CC(=O)Nc1ccc(Cl)nc1. The van der Waals surface area contributed by atoms with Crippen LogP contribution in [0.4, 0.5) is 5.69 Å². The van der Waals surface area contributed by atoms with Gasteiger partial charge in [-0.1, -0.05) is 32.4 Å². The highest BCUT2D eigenvalue weighted by molar-refractivity contribution is 6.29. The van der Waals surface area contributed by atoms with Gasteiger partial charge in [-0.05, 0) is 17.5 Å². The lowest BCUT2D eigenvalue weighted by Gasteiger charge is -2.26. The predicted octanol–water partition coefficient (Wildman–Crippen LogP) is 2.44. The fourth-order valence-electron chi connectivity index (χ4n) is 1.17. The monoisotopic (exact) mass is 255 g/mol. The second-order valence-electron chi connectivity index (χ2n) is 5.09. The summed E-state index contributed by atoms with van der Waals surface area (Å²) in [7, 11) is 0. The van der Waals surface area contributed by atoms with Gasteiger partial charge in [0, 0.05) is 12.5 Å². The molecule has 1 aromatic heterocycles. The second-order valence-corrected chi connectivity index (χ2v) is 5.48. The van der Waals surface area contributed by atoms with Gasteiger partial charge in [0.1, 0.15) is 5.15 Å². The molecule has 0 saturated carbocycles. The van der Waals surface area contributed by atoms with Crippen molar-refractivity contribution in [3.63, 3.8) is 0 Å². The molecule has 0 aliphatic heterocycles. The quantitative estimate of drug-likeness (QED) is 0.815. The Bertz CT molecular complexity index is 384. The molecule has 0 aliphatic carbocycles. The molecule has 3 N–H and O–H groups in total. The van der Waals surface area contributed by atoms with Gasteiger partial charge in [-0.2, -0.15) is 0 Å². The smallest absolute Gasteiger partial charge is 0.225 e. The van der Waals surface area contributed by atoms with Crippen LogP contribution in [0.1, 0.15) is 27.2 Å². The zero-order chi connectivity index (χ0) is 13.1. The molecule has 0 aromatic carbocycles. The summed E-state index contributed by atoms with van der Waals surface area (Å²) in [5.41, 5.74) is 6.47. The van der Waals surface area contributed by atoms with Gasteiger partial charge < -0.3 is 11.1 Å². The number of aromatic nitrogens is 1. The third kappa shape index (κ3) is 4.71. The van der Waals surface area contributed by atoms with Gasteiger partial charge in [-0.3, -0.25) is 4.79 Å². The molecule has 0 bridgehead atoms. The average Bonchev–Trinajstić information content (AvgIpc) is 2.20. The molecule has 1 rings (SSSR count). The van der Waals surface area contributed by atoms with Crippen LogP contribution in [0.5, 0.6) is 0 Å². The molecular formula is C12H18ClN3O. The molecule has 1 amide bonds. The molecule has 4 nitrogen and oxygen atoms in total. The average molecular weight is 256 g/mol. The van der Waals surface area contributed by atoms with Crippen LogP contribution in [-0.2, 0) is 4.79 Å². The number of nitrogens with one attached hydrogen (secondary N) is 1. The first-order valence-corrected chi connectivity index (χ1v) is 5.84. The molecule has 17 heavy (non-hydrogen) atoms. The van der Waals surface area contributed by atoms with Crippen molar-refractivity contribution in [2.75, 3.05) is 5.32 Å². The van der Waals surface area contributed by atoms with E-state index < -0.39 is 0 Å². The first-order valence-electron chi connectivity index (χ1n) is 5.46. The van der Waals surface area contributed by atoms with Crippen molar-refractivity contribution in [1.29, 1.82) is 0 Å². The first kappa shape index (κ1) is 13.9. The van der Waals surface area contributed by atoms with Crippen molar-refractivity contribution in [1.82, 2.24) is 4.98 Å². The standard InChI is InChI=1S/C12H18ClN3O/c1-12(2,3)9(14)6-11(17)16-8-4-5-10(13)15-7-8/h4-5,7,9H,6,14H2,1-3H3,(H,16,17). The number of hydrogen-bond donors (Lipinski definition) is 2. The lowest BCUT2D eigenvalue weighted by Crippen LogP contribution is -2.38. The molecule has 5 heteroatoms. The maximum atomic E-state index is 11.7. The molecule has 0 radical (unpaired) electrons. The van der Waals surface area contributed by atoms with Gasteiger partial charge in [0.25, 0.3) is 0 Å². The van der Waals surface area contributed by atoms with Crippen molar-refractivity contribution in [3.8, 4) is 0 Å². The summed E-state index contributed by atoms with van der Waals surface area (Å²) in [5.74, 6) is -0.114. The van der Waals surface area contributed by atoms with Crippen LogP contribution in [0.3, 0.4) is 0 Å². The molecule has 0 fully saturated rings. The minimum absolute atomic E-state index is 0.0877. The van der Waals surface area contributed by atoms with Crippen molar-refractivity contribution >= 4 is 23.2 Å². The maximum absolute atomic E-state index is 11.7. The predicted molar refractivity (Wildman–Crippen MR) is 69.9 cm³/mol. The Morgan fingerprint density at radius 1 is 1.53 bits per heavy atom. The van der Waals surface area contributed by atoms with E-state index in [9.17, 15) is 4.79 Å². The normalized spacial score (nSPS) is 13.2. The van der Waals surface area contributed by atoms with Crippen LogP contribution in [0.15, 0.2) is 18.3 Å². The van der Waals surface area contributed by atoms with E-state index in [4.69, 9.17) is 17.3 Å². The number of pyridine rings is 1. The lowest BCUT2D eigenvalue weighted by atomic mass is 9.85.